The van der Waals surface area contributed by atoms with Gasteiger partial charge in [0.2, 0.25) is 0 Å². The third-order valence-corrected chi connectivity index (χ3v) is 5.68. The molecule has 0 bridgehead atoms. The Bertz CT molecular complexity index is 1400. The fourth-order valence-corrected chi connectivity index (χ4v) is 3.93. The summed E-state index contributed by atoms with van der Waals surface area (Å²) in [7, 11) is 4.73. The number of ether oxygens (including phenoxy) is 2. The molecule has 0 aliphatic carbocycles. The van der Waals surface area contributed by atoms with Crippen LogP contribution in [0.5, 0.6) is 5.75 Å². The number of carbonyl (C=O) groups excluding carboxylic acids is 1. The van der Waals surface area contributed by atoms with Gasteiger partial charge in [0.05, 0.1) is 19.1 Å². The van der Waals surface area contributed by atoms with Crippen molar-refractivity contribution in [3.8, 4) is 16.3 Å². The SMILES string of the molecule is COc1cccc(-c2nc(COC(=O)Cn3c(=O)c4c(ncn4C)n(C)c3=O)cs2)c1. The van der Waals surface area contributed by atoms with E-state index in [1.54, 1.807) is 19.5 Å². The molecule has 11 heteroatoms. The molecule has 0 unspecified atom stereocenters. The molecule has 4 rings (SSSR count). The number of fused-ring (bicyclic) bond motifs is 1. The van der Waals surface area contributed by atoms with Gasteiger partial charge in [-0.2, -0.15) is 0 Å². The number of rotatable bonds is 6. The van der Waals surface area contributed by atoms with Crippen LogP contribution in [0.1, 0.15) is 5.69 Å². The van der Waals surface area contributed by atoms with Gasteiger partial charge in [0.25, 0.3) is 5.56 Å². The van der Waals surface area contributed by atoms with E-state index < -0.39 is 23.8 Å². The van der Waals surface area contributed by atoms with Crippen LogP contribution in [0.25, 0.3) is 21.7 Å². The monoisotopic (exact) mass is 441 g/mol. The first-order chi connectivity index (χ1) is 14.9. The van der Waals surface area contributed by atoms with E-state index in [4.69, 9.17) is 9.47 Å². The third kappa shape index (κ3) is 3.87. The fraction of sp³-hybridized carbons (Fsp3) is 0.250. The van der Waals surface area contributed by atoms with Crippen LogP contribution in [0.15, 0.2) is 45.6 Å². The second-order valence-electron chi connectivity index (χ2n) is 6.80. The number of carbonyl (C=O) groups is 1. The van der Waals surface area contributed by atoms with Crippen LogP contribution in [-0.2, 0) is 36.8 Å². The van der Waals surface area contributed by atoms with Crippen molar-refractivity contribution < 1.29 is 14.3 Å². The molecule has 4 aromatic rings. The quantitative estimate of drug-likeness (QED) is 0.415. The zero-order valence-electron chi connectivity index (χ0n) is 17.1. The van der Waals surface area contributed by atoms with Gasteiger partial charge in [-0.25, -0.2) is 19.3 Å². The maximum absolute atomic E-state index is 12.7. The van der Waals surface area contributed by atoms with Gasteiger partial charge in [-0.05, 0) is 12.1 Å². The average molecular weight is 441 g/mol. The van der Waals surface area contributed by atoms with E-state index in [-0.39, 0.29) is 17.8 Å². The highest BCUT2D eigenvalue weighted by Gasteiger charge is 2.18. The number of benzene rings is 1. The Morgan fingerprint density at radius 1 is 1.23 bits per heavy atom. The Morgan fingerprint density at radius 2 is 2.03 bits per heavy atom. The molecule has 0 radical (unpaired) electrons. The molecular weight excluding hydrogens is 422 g/mol. The van der Waals surface area contributed by atoms with E-state index >= 15 is 0 Å². The zero-order chi connectivity index (χ0) is 22.1. The van der Waals surface area contributed by atoms with E-state index in [2.05, 4.69) is 9.97 Å². The van der Waals surface area contributed by atoms with Crippen LogP contribution in [0, 0.1) is 0 Å². The summed E-state index contributed by atoms with van der Waals surface area (Å²) >= 11 is 1.41. The van der Waals surface area contributed by atoms with Crippen molar-refractivity contribution in [3.05, 3.63) is 62.5 Å². The molecule has 0 aliphatic rings. The minimum Gasteiger partial charge on any atom is -0.497 e. The summed E-state index contributed by atoms with van der Waals surface area (Å²) in [6.07, 6.45) is 1.44. The van der Waals surface area contributed by atoms with Gasteiger partial charge in [0.1, 0.15) is 23.9 Å². The second kappa shape index (κ2) is 8.19. The van der Waals surface area contributed by atoms with Crippen molar-refractivity contribution in [2.75, 3.05) is 7.11 Å². The standard InChI is InChI=1S/C20H19N5O5S/c1-23-11-21-17-16(23)19(27)25(20(28)24(17)2)8-15(26)30-9-13-10-31-18(22-13)12-5-4-6-14(7-12)29-3/h4-7,10-11H,8-9H2,1-3H3. The predicted octanol–water partition coefficient (Wildman–Crippen LogP) is 1.31. The van der Waals surface area contributed by atoms with E-state index in [1.807, 2.05) is 24.3 Å². The Labute approximate surface area is 179 Å². The van der Waals surface area contributed by atoms with Crippen LogP contribution in [0.4, 0.5) is 0 Å². The molecule has 0 spiro atoms. The lowest BCUT2D eigenvalue weighted by Gasteiger charge is -2.08. The van der Waals surface area contributed by atoms with Gasteiger partial charge in [0, 0.05) is 25.0 Å². The summed E-state index contributed by atoms with van der Waals surface area (Å²) in [6.45, 7) is -0.568. The molecule has 0 N–H and O–H groups in total. The topological polar surface area (TPSA) is 110 Å². The normalized spacial score (nSPS) is 11.1. The number of hydrogen-bond donors (Lipinski definition) is 0. The maximum atomic E-state index is 12.7. The summed E-state index contributed by atoms with van der Waals surface area (Å²) < 4.78 is 14.0. The van der Waals surface area contributed by atoms with Crippen molar-refractivity contribution in [3.63, 3.8) is 0 Å². The van der Waals surface area contributed by atoms with Crippen molar-refractivity contribution in [1.82, 2.24) is 23.7 Å². The van der Waals surface area contributed by atoms with Crippen LogP contribution >= 0.6 is 11.3 Å². The van der Waals surface area contributed by atoms with Crippen LogP contribution in [-0.4, -0.2) is 36.7 Å². The molecule has 0 aliphatic heterocycles. The van der Waals surface area contributed by atoms with Crippen LogP contribution in [0.2, 0.25) is 0 Å². The first-order valence-electron chi connectivity index (χ1n) is 9.24. The lowest BCUT2D eigenvalue weighted by Crippen LogP contribution is -2.41. The first-order valence-corrected chi connectivity index (χ1v) is 10.1. The highest BCUT2D eigenvalue weighted by atomic mass is 32.1. The molecule has 3 aromatic heterocycles. The zero-order valence-corrected chi connectivity index (χ0v) is 17.9. The molecule has 0 saturated carbocycles. The number of hydrogen-bond acceptors (Lipinski definition) is 8. The van der Waals surface area contributed by atoms with Crippen molar-refractivity contribution in [2.45, 2.75) is 13.2 Å². The smallest absolute Gasteiger partial charge is 0.333 e. The molecule has 0 amide bonds. The van der Waals surface area contributed by atoms with Gasteiger partial charge in [-0.3, -0.25) is 14.2 Å². The Kier molecular flexibility index (Phi) is 5.42. The Morgan fingerprint density at radius 3 is 2.81 bits per heavy atom. The minimum atomic E-state index is -0.711. The Hall–Kier alpha value is -3.73. The van der Waals surface area contributed by atoms with Gasteiger partial charge in [-0.1, -0.05) is 12.1 Å². The highest BCUT2D eigenvalue weighted by Crippen LogP contribution is 2.27. The van der Waals surface area contributed by atoms with Gasteiger partial charge < -0.3 is 14.0 Å². The number of imidazole rings is 1. The van der Waals surface area contributed by atoms with E-state index in [1.165, 1.54) is 33.8 Å². The molecule has 31 heavy (non-hydrogen) atoms. The molecule has 0 saturated heterocycles. The minimum absolute atomic E-state index is 0.0671. The summed E-state index contributed by atoms with van der Waals surface area (Å²) in [5, 5.41) is 2.55. The molecule has 3 heterocycles. The third-order valence-electron chi connectivity index (χ3n) is 4.74. The van der Waals surface area contributed by atoms with Crippen LogP contribution < -0.4 is 16.0 Å². The average Bonchev–Trinajstić information content (AvgIpc) is 3.41. The highest BCUT2D eigenvalue weighted by molar-refractivity contribution is 7.13. The van der Waals surface area contributed by atoms with Gasteiger partial charge in [0.15, 0.2) is 11.2 Å². The fourth-order valence-electron chi connectivity index (χ4n) is 3.13. The van der Waals surface area contributed by atoms with Crippen LogP contribution in [0.3, 0.4) is 0 Å². The molecule has 160 valence electrons. The van der Waals surface area contributed by atoms with Crippen molar-refractivity contribution in [2.24, 2.45) is 14.1 Å². The number of esters is 1. The largest absolute Gasteiger partial charge is 0.497 e. The first kappa shape index (κ1) is 20.5. The molecule has 1 aromatic carbocycles. The van der Waals surface area contributed by atoms with E-state index in [0.717, 1.165) is 20.9 Å². The number of methoxy groups -OCH3 is 1. The molecule has 0 atom stereocenters. The van der Waals surface area contributed by atoms with Crippen molar-refractivity contribution in [1.29, 1.82) is 0 Å². The Balaban J connectivity index is 1.48. The summed E-state index contributed by atoms with van der Waals surface area (Å²) in [4.78, 5) is 46.0. The number of nitrogens with zero attached hydrogens (tertiary/aromatic N) is 5. The lowest BCUT2D eigenvalue weighted by atomic mass is 10.2. The summed E-state index contributed by atoms with van der Waals surface area (Å²) in [6, 6.07) is 7.49. The molecular formula is C20H19N5O5S. The number of aromatic nitrogens is 5. The molecule has 0 fully saturated rings. The number of thiazole rings is 1. The molecule has 10 nitrogen and oxygen atoms in total. The second-order valence-corrected chi connectivity index (χ2v) is 7.66. The maximum Gasteiger partial charge on any atom is 0.333 e. The number of aryl methyl sites for hydroxylation is 2. The van der Waals surface area contributed by atoms with Gasteiger partial charge >= 0.3 is 11.7 Å². The van der Waals surface area contributed by atoms with E-state index in [0.29, 0.717) is 5.69 Å². The lowest BCUT2D eigenvalue weighted by molar-refractivity contribution is -0.145. The van der Waals surface area contributed by atoms with Gasteiger partial charge in [-0.15, -0.1) is 11.3 Å². The van der Waals surface area contributed by atoms with E-state index in [9.17, 15) is 14.4 Å². The predicted molar refractivity (Wildman–Crippen MR) is 114 cm³/mol. The summed E-state index contributed by atoms with van der Waals surface area (Å²) in [5.74, 6) is 0.00902. The van der Waals surface area contributed by atoms with Crippen molar-refractivity contribution >= 4 is 28.5 Å². The summed E-state index contributed by atoms with van der Waals surface area (Å²) in [5.41, 5.74) is 0.720.